The van der Waals surface area contributed by atoms with Gasteiger partial charge in [-0.25, -0.2) is 26.9 Å². The van der Waals surface area contributed by atoms with Crippen LogP contribution in [0.15, 0.2) is 80.3 Å². The molecule has 1 unspecified atom stereocenters. The Bertz CT molecular complexity index is 1920. The lowest BCUT2D eigenvalue weighted by molar-refractivity contribution is 0.391. The molecular formula is C30H31FN4O6S2. The number of halogens is 1. The third-order valence-electron chi connectivity index (χ3n) is 7.04. The van der Waals surface area contributed by atoms with Crippen molar-refractivity contribution >= 4 is 37.6 Å². The van der Waals surface area contributed by atoms with Crippen LogP contribution in [-0.4, -0.2) is 51.2 Å². The number of oxazole rings is 1. The maximum Gasteiger partial charge on any atom is 0.420 e. The maximum atomic E-state index is 15.9. The van der Waals surface area contributed by atoms with E-state index < -0.39 is 27.6 Å². The van der Waals surface area contributed by atoms with Crippen molar-refractivity contribution in [3.63, 3.8) is 0 Å². The molecule has 0 radical (unpaired) electrons. The van der Waals surface area contributed by atoms with Crippen molar-refractivity contribution in [1.29, 1.82) is 0 Å². The van der Waals surface area contributed by atoms with Crippen LogP contribution in [0.2, 0.25) is 0 Å². The third kappa shape index (κ3) is 5.88. The average Bonchev–Trinajstić information content (AvgIpc) is 3.63. The van der Waals surface area contributed by atoms with E-state index in [0.717, 1.165) is 32.8 Å². The Morgan fingerprint density at radius 3 is 2.49 bits per heavy atom. The van der Waals surface area contributed by atoms with Gasteiger partial charge in [-0.05, 0) is 50.3 Å². The molecule has 0 aliphatic heterocycles. The Morgan fingerprint density at radius 2 is 1.81 bits per heavy atom. The molecule has 0 spiro atoms. The van der Waals surface area contributed by atoms with Crippen LogP contribution in [0.1, 0.15) is 29.7 Å². The van der Waals surface area contributed by atoms with E-state index in [2.05, 4.69) is 4.98 Å². The van der Waals surface area contributed by atoms with Crippen molar-refractivity contribution in [2.75, 3.05) is 32.6 Å². The molecule has 0 N–H and O–H groups in total. The minimum atomic E-state index is -4.40. The molecule has 226 valence electrons. The highest BCUT2D eigenvalue weighted by Crippen LogP contribution is 2.34. The second-order valence-electron chi connectivity index (χ2n) is 10.1. The lowest BCUT2D eigenvalue weighted by Gasteiger charge is -2.23. The molecule has 0 amide bonds. The van der Waals surface area contributed by atoms with E-state index >= 15 is 4.39 Å². The summed E-state index contributed by atoms with van der Waals surface area (Å²) >= 11 is 1.11. The Morgan fingerprint density at radius 1 is 1.05 bits per heavy atom. The normalized spacial score (nSPS) is 12.5. The van der Waals surface area contributed by atoms with Crippen LogP contribution < -0.4 is 19.5 Å². The molecule has 10 nitrogen and oxygen atoms in total. The fourth-order valence-corrected chi connectivity index (χ4v) is 7.32. The van der Waals surface area contributed by atoms with E-state index in [9.17, 15) is 13.2 Å². The van der Waals surface area contributed by atoms with Gasteiger partial charge >= 0.3 is 5.76 Å². The summed E-state index contributed by atoms with van der Waals surface area (Å²) in [5.41, 5.74) is 2.02. The second kappa shape index (κ2) is 12.2. The smallest absolute Gasteiger partial charge is 0.420 e. The van der Waals surface area contributed by atoms with E-state index in [1.54, 1.807) is 30.5 Å². The Balaban J connectivity index is 1.59. The van der Waals surface area contributed by atoms with Gasteiger partial charge in [-0.2, -0.15) is 0 Å². The predicted molar refractivity (Wildman–Crippen MR) is 163 cm³/mol. The monoisotopic (exact) mass is 626 g/mol. The van der Waals surface area contributed by atoms with Crippen molar-refractivity contribution in [3.05, 3.63) is 99.2 Å². The summed E-state index contributed by atoms with van der Waals surface area (Å²) in [7, 11) is 2.45. The molecule has 0 aliphatic carbocycles. The van der Waals surface area contributed by atoms with Gasteiger partial charge in [0.25, 0.3) is 10.0 Å². The summed E-state index contributed by atoms with van der Waals surface area (Å²) in [5, 5.41) is 1.81. The number of thiazole rings is 1. The van der Waals surface area contributed by atoms with Crippen LogP contribution >= 0.6 is 11.3 Å². The number of ether oxygens (including phenoxy) is 2. The van der Waals surface area contributed by atoms with Gasteiger partial charge in [-0.15, -0.1) is 11.3 Å². The molecule has 3 aromatic carbocycles. The zero-order valence-corrected chi connectivity index (χ0v) is 25.9. The fraction of sp³-hybridized carbons (Fsp3) is 0.267. The van der Waals surface area contributed by atoms with Crippen LogP contribution in [-0.2, 0) is 23.1 Å². The standard InChI is InChI=1S/C30H31FN4O6S2/c1-19(24-9-7-6-8-20(24)17-33(2)3)35-28-25(31)15-23(16-27(28)41-30(35)36)43(37,38)34(29-32-12-13-42-29)18-21-10-11-22(39-4)14-26(21)40-5/h6-16,19H,17-18H2,1-5H3. The fourth-order valence-electron chi connectivity index (χ4n) is 5.02. The lowest BCUT2D eigenvalue weighted by Crippen LogP contribution is -2.30. The molecule has 0 fully saturated rings. The SMILES string of the molecule is COc1ccc(CN(c2nccs2)S(=O)(=O)c2cc(F)c3c(c2)oc(=O)n3C(C)c2ccccc2CN(C)C)c(OC)c1. The van der Waals surface area contributed by atoms with Gasteiger partial charge in [0.15, 0.2) is 16.5 Å². The second-order valence-corrected chi connectivity index (χ2v) is 12.8. The number of rotatable bonds is 11. The molecule has 2 heterocycles. The number of anilines is 1. The first-order chi connectivity index (χ1) is 20.5. The summed E-state index contributed by atoms with van der Waals surface area (Å²) in [5.74, 6) is -0.755. The van der Waals surface area contributed by atoms with Crippen LogP contribution in [0, 0.1) is 5.82 Å². The number of aromatic nitrogens is 2. The molecule has 0 aliphatic rings. The van der Waals surface area contributed by atoms with Crippen LogP contribution in [0.4, 0.5) is 9.52 Å². The van der Waals surface area contributed by atoms with Gasteiger partial charge < -0.3 is 18.8 Å². The molecule has 2 aromatic heterocycles. The summed E-state index contributed by atoms with van der Waals surface area (Å²) in [6, 6.07) is 14.1. The number of sulfonamides is 1. The summed E-state index contributed by atoms with van der Waals surface area (Å²) in [4.78, 5) is 18.9. The Labute approximate surface area is 252 Å². The average molecular weight is 627 g/mol. The van der Waals surface area contributed by atoms with Crippen molar-refractivity contribution in [3.8, 4) is 11.5 Å². The summed E-state index contributed by atoms with van der Waals surface area (Å²) in [6.45, 7) is 2.23. The molecule has 13 heteroatoms. The van der Waals surface area contributed by atoms with Gasteiger partial charge in [0, 0.05) is 35.8 Å². The highest BCUT2D eigenvalue weighted by Gasteiger charge is 2.31. The quantitative estimate of drug-likeness (QED) is 0.195. The van der Waals surface area contributed by atoms with E-state index in [-0.39, 0.29) is 27.7 Å². The molecule has 1 atom stereocenters. The number of benzene rings is 3. The number of methoxy groups -OCH3 is 2. The first kappa shape index (κ1) is 30.3. The largest absolute Gasteiger partial charge is 0.497 e. The van der Waals surface area contributed by atoms with Gasteiger partial charge in [0.1, 0.15) is 17.0 Å². The van der Waals surface area contributed by atoms with E-state index in [1.165, 1.54) is 31.0 Å². The van der Waals surface area contributed by atoms with Gasteiger partial charge in [-0.1, -0.05) is 24.3 Å². The maximum absolute atomic E-state index is 15.9. The van der Waals surface area contributed by atoms with Gasteiger partial charge in [0.2, 0.25) is 0 Å². The molecular weight excluding hydrogens is 595 g/mol. The number of hydrogen-bond acceptors (Lipinski definition) is 9. The molecule has 43 heavy (non-hydrogen) atoms. The van der Waals surface area contributed by atoms with Gasteiger partial charge in [-0.3, -0.25) is 4.57 Å². The van der Waals surface area contributed by atoms with E-state index in [1.807, 2.05) is 43.3 Å². The summed E-state index contributed by atoms with van der Waals surface area (Å²) in [6.07, 6.45) is 1.48. The minimum Gasteiger partial charge on any atom is -0.497 e. The van der Waals surface area contributed by atoms with Crippen molar-refractivity contribution < 1.29 is 26.7 Å². The Kier molecular flexibility index (Phi) is 8.58. The van der Waals surface area contributed by atoms with Crippen LogP contribution in [0.25, 0.3) is 11.1 Å². The zero-order valence-electron chi connectivity index (χ0n) is 24.3. The third-order valence-corrected chi connectivity index (χ3v) is 9.67. The first-order valence-electron chi connectivity index (χ1n) is 13.3. The molecule has 0 saturated heterocycles. The van der Waals surface area contributed by atoms with E-state index in [4.69, 9.17) is 13.9 Å². The first-order valence-corrected chi connectivity index (χ1v) is 15.6. The summed E-state index contributed by atoms with van der Waals surface area (Å²) < 4.78 is 62.5. The number of nitrogens with zero attached hydrogens (tertiary/aromatic N) is 4. The van der Waals surface area contributed by atoms with Crippen LogP contribution in [0.3, 0.4) is 0 Å². The predicted octanol–water partition coefficient (Wildman–Crippen LogP) is 5.27. The van der Waals surface area contributed by atoms with Crippen molar-refractivity contribution in [2.45, 2.75) is 31.0 Å². The topological polar surface area (TPSA) is 107 Å². The van der Waals surface area contributed by atoms with Crippen LogP contribution in [0.5, 0.6) is 11.5 Å². The highest BCUT2D eigenvalue weighted by atomic mass is 32.2. The minimum absolute atomic E-state index is 0.117. The number of hydrogen-bond donors (Lipinski definition) is 0. The molecule has 0 saturated carbocycles. The lowest BCUT2D eigenvalue weighted by atomic mass is 10.0. The molecule has 0 bridgehead atoms. The number of fused-ring (bicyclic) bond motifs is 1. The van der Waals surface area contributed by atoms with Crippen molar-refractivity contribution in [2.24, 2.45) is 0 Å². The highest BCUT2D eigenvalue weighted by molar-refractivity contribution is 7.93. The van der Waals surface area contributed by atoms with Gasteiger partial charge in [0.05, 0.1) is 31.7 Å². The van der Waals surface area contributed by atoms with E-state index in [0.29, 0.717) is 23.6 Å². The molecule has 5 aromatic rings. The molecule has 5 rings (SSSR count). The zero-order chi connectivity index (χ0) is 30.9. The van der Waals surface area contributed by atoms with Crippen molar-refractivity contribution in [1.82, 2.24) is 14.5 Å². The Hall–Kier alpha value is -4.20.